The molecule has 1 fully saturated rings. The topological polar surface area (TPSA) is 55.8 Å². The number of aliphatic hydroxyl groups excluding tert-OH is 1. The number of carbonyl (C=O) groups excluding carboxylic acids is 1. The van der Waals surface area contributed by atoms with Crippen LogP contribution in [-0.2, 0) is 4.79 Å². The highest BCUT2D eigenvalue weighted by Crippen LogP contribution is 2.39. The number of nitrogens with one attached hydrogen (secondary N) is 1. The summed E-state index contributed by atoms with van der Waals surface area (Å²) in [5, 5.41) is 13.1. The Morgan fingerprint density at radius 1 is 1.33 bits per heavy atom. The molecule has 6 heteroatoms. The Bertz CT molecular complexity index is 568. The molecular formula is C15H20ClN3O2. The first kappa shape index (κ1) is 14.6. The van der Waals surface area contributed by atoms with Gasteiger partial charge in [0, 0.05) is 30.4 Å². The number of carbonyl (C=O) groups is 1. The molecule has 5 nitrogen and oxygen atoms in total. The molecule has 1 unspecified atom stereocenters. The molecule has 2 heterocycles. The number of rotatable bonds is 2. The molecule has 0 radical (unpaired) electrons. The van der Waals surface area contributed by atoms with Gasteiger partial charge in [-0.3, -0.25) is 4.79 Å². The first-order valence-electron chi connectivity index (χ1n) is 7.21. The molecule has 2 aliphatic rings. The van der Waals surface area contributed by atoms with Crippen LogP contribution in [0.4, 0.5) is 11.4 Å². The molecule has 1 aromatic carbocycles. The minimum absolute atomic E-state index is 0.385. The van der Waals surface area contributed by atoms with E-state index in [0.717, 1.165) is 31.6 Å². The molecule has 0 saturated carbocycles. The van der Waals surface area contributed by atoms with Crippen molar-refractivity contribution in [2.75, 3.05) is 37.4 Å². The number of aliphatic hydroxyl groups is 1. The Kier molecular flexibility index (Phi) is 3.82. The van der Waals surface area contributed by atoms with E-state index in [0.29, 0.717) is 22.3 Å². The molecule has 0 aliphatic carbocycles. The first-order chi connectivity index (χ1) is 9.97. The Balaban J connectivity index is 1.82. The normalized spacial score (nSPS) is 22.6. The lowest BCUT2D eigenvalue weighted by atomic mass is 10.0. The quantitative estimate of drug-likeness (QED) is 0.875. The minimum Gasteiger partial charge on any atom is -0.378 e. The SMILES string of the molecule is CN(C)C1CCN(c2cc3c(cc2Cl)C(O)C(=O)N3)CC1. The van der Waals surface area contributed by atoms with E-state index in [1.54, 1.807) is 6.07 Å². The molecule has 1 saturated heterocycles. The van der Waals surface area contributed by atoms with Gasteiger partial charge in [0.2, 0.25) is 0 Å². The van der Waals surface area contributed by atoms with Crippen LogP contribution in [-0.4, -0.2) is 49.1 Å². The highest BCUT2D eigenvalue weighted by atomic mass is 35.5. The number of amides is 1. The molecule has 0 bridgehead atoms. The van der Waals surface area contributed by atoms with Gasteiger partial charge in [-0.05, 0) is 39.1 Å². The summed E-state index contributed by atoms with van der Waals surface area (Å²) < 4.78 is 0. The lowest BCUT2D eigenvalue weighted by molar-refractivity contribution is -0.123. The fourth-order valence-electron chi connectivity index (χ4n) is 3.12. The molecule has 1 amide bonds. The van der Waals surface area contributed by atoms with E-state index in [9.17, 15) is 9.90 Å². The van der Waals surface area contributed by atoms with Crippen molar-refractivity contribution < 1.29 is 9.90 Å². The molecule has 1 atom stereocenters. The molecule has 3 rings (SSSR count). The summed E-state index contributed by atoms with van der Waals surface area (Å²) in [7, 11) is 4.22. The summed E-state index contributed by atoms with van der Waals surface area (Å²) in [5.41, 5.74) is 2.17. The van der Waals surface area contributed by atoms with Crippen molar-refractivity contribution in [2.24, 2.45) is 0 Å². The van der Waals surface area contributed by atoms with E-state index < -0.39 is 6.10 Å². The van der Waals surface area contributed by atoms with Crippen LogP contribution in [0.25, 0.3) is 0 Å². The monoisotopic (exact) mass is 309 g/mol. The third kappa shape index (κ3) is 2.61. The molecule has 0 aromatic heterocycles. The summed E-state index contributed by atoms with van der Waals surface area (Å²) in [6.07, 6.45) is 1.08. The zero-order chi connectivity index (χ0) is 15.1. The van der Waals surface area contributed by atoms with Gasteiger partial charge in [0.15, 0.2) is 6.10 Å². The molecule has 2 aliphatic heterocycles. The summed E-state index contributed by atoms with van der Waals surface area (Å²) in [6, 6.07) is 4.19. The van der Waals surface area contributed by atoms with Crippen LogP contribution in [0.1, 0.15) is 24.5 Å². The second kappa shape index (κ2) is 5.48. The van der Waals surface area contributed by atoms with Gasteiger partial charge in [0.1, 0.15) is 0 Å². The third-order valence-corrected chi connectivity index (χ3v) is 4.76. The number of halogens is 1. The van der Waals surface area contributed by atoms with Crippen molar-refractivity contribution in [1.82, 2.24) is 4.90 Å². The largest absolute Gasteiger partial charge is 0.378 e. The van der Waals surface area contributed by atoms with Gasteiger partial charge in [-0.25, -0.2) is 0 Å². The third-order valence-electron chi connectivity index (χ3n) is 4.46. The van der Waals surface area contributed by atoms with Crippen molar-refractivity contribution >= 4 is 28.9 Å². The van der Waals surface area contributed by atoms with Gasteiger partial charge in [0.25, 0.3) is 5.91 Å². The van der Waals surface area contributed by atoms with Gasteiger partial charge in [0.05, 0.1) is 10.7 Å². The van der Waals surface area contributed by atoms with Crippen molar-refractivity contribution in [1.29, 1.82) is 0 Å². The van der Waals surface area contributed by atoms with Crippen LogP contribution in [0.3, 0.4) is 0 Å². The van der Waals surface area contributed by atoms with Crippen molar-refractivity contribution in [2.45, 2.75) is 25.0 Å². The van der Waals surface area contributed by atoms with Crippen LogP contribution < -0.4 is 10.2 Å². The molecule has 114 valence electrons. The Morgan fingerprint density at radius 3 is 2.62 bits per heavy atom. The highest BCUT2D eigenvalue weighted by molar-refractivity contribution is 6.33. The van der Waals surface area contributed by atoms with Gasteiger partial charge < -0.3 is 20.2 Å². The summed E-state index contributed by atoms with van der Waals surface area (Å²) in [4.78, 5) is 16.0. The number of fused-ring (bicyclic) bond motifs is 1. The van der Waals surface area contributed by atoms with E-state index in [2.05, 4.69) is 29.2 Å². The summed E-state index contributed by atoms with van der Waals surface area (Å²) >= 11 is 6.35. The maximum atomic E-state index is 11.5. The highest BCUT2D eigenvalue weighted by Gasteiger charge is 2.31. The lowest BCUT2D eigenvalue weighted by Gasteiger charge is -2.37. The van der Waals surface area contributed by atoms with Crippen LogP contribution in [0.5, 0.6) is 0 Å². The number of benzene rings is 1. The fourth-order valence-corrected chi connectivity index (χ4v) is 3.41. The van der Waals surface area contributed by atoms with E-state index >= 15 is 0 Å². The van der Waals surface area contributed by atoms with Crippen LogP contribution >= 0.6 is 11.6 Å². The van der Waals surface area contributed by atoms with Gasteiger partial charge in [-0.15, -0.1) is 0 Å². The second-order valence-corrected chi connectivity index (χ2v) is 6.37. The molecule has 1 aromatic rings. The lowest BCUT2D eigenvalue weighted by Crippen LogP contribution is -2.42. The summed E-state index contributed by atoms with van der Waals surface area (Å²) in [6.45, 7) is 1.88. The number of anilines is 2. The predicted molar refractivity (Wildman–Crippen MR) is 84.0 cm³/mol. The van der Waals surface area contributed by atoms with Gasteiger partial charge in [-0.1, -0.05) is 11.6 Å². The zero-order valence-electron chi connectivity index (χ0n) is 12.3. The maximum Gasteiger partial charge on any atom is 0.257 e. The van der Waals surface area contributed by atoms with Gasteiger partial charge in [-0.2, -0.15) is 0 Å². The van der Waals surface area contributed by atoms with Crippen molar-refractivity contribution in [3.8, 4) is 0 Å². The number of hydrogen-bond donors (Lipinski definition) is 2. The molecule has 21 heavy (non-hydrogen) atoms. The van der Waals surface area contributed by atoms with Crippen molar-refractivity contribution in [3.63, 3.8) is 0 Å². The first-order valence-corrected chi connectivity index (χ1v) is 7.59. The Labute approximate surface area is 129 Å². The van der Waals surface area contributed by atoms with Gasteiger partial charge >= 0.3 is 0 Å². The Hall–Kier alpha value is -1.30. The second-order valence-electron chi connectivity index (χ2n) is 5.96. The smallest absolute Gasteiger partial charge is 0.257 e. The van der Waals surface area contributed by atoms with Crippen LogP contribution in [0.15, 0.2) is 12.1 Å². The standard InChI is InChI=1S/C15H20ClN3O2/c1-18(2)9-3-5-19(6-4-9)13-8-12-10(7-11(13)16)14(20)15(21)17-12/h7-9,14,20H,3-6H2,1-2H3,(H,17,21). The zero-order valence-corrected chi connectivity index (χ0v) is 13.0. The average molecular weight is 310 g/mol. The number of hydrogen-bond acceptors (Lipinski definition) is 4. The molecule has 2 N–H and O–H groups in total. The average Bonchev–Trinajstić information content (AvgIpc) is 2.73. The maximum absolute atomic E-state index is 11.5. The number of nitrogens with zero attached hydrogens (tertiary/aromatic N) is 2. The fraction of sp³-hybridized carbons (Fsp3) is 0.533. The minimum atomic E-state index is -1.11. The molecule has 0 spiro atoms. The van der Waals surface area contributed by atoms with E-state index in [1.165, 1.54) is 0 Å². The Morgan fingerprint density at radius 2 is 2.00 bits per heavy atom. The van der Waals surface area contributed by atoms with E-state index in [4.69, 9.17) is 11.6 Å². The van der Waals surface area contributed by atoms with Crippen LogP contribution in [0.2, 0.25) is 5.02 Å². The van der Waals surface area contributed by atoms with Crippen LogP contribution in [0, 0.1) is 0 Å². The van der Waals surface area contributed by atoms with E-state index in [-0.39, 0.29) is 5.91 Å². The van der Waals surface area contributed by atoms with Crippen molar-refractivity contribution in [3.05, 3.63) is 22.7 Å². The predicted octanol–water partition coefficient (Wildman–Crippen LogP) is 1.86. The summed E-state index contributed by atoms with van der Waals surface area (Å²) in [5.74, 6) is -0.385. The van der Waals surface area contributed by atoms with E-state index in [1.807, 2.05) is 6.07 Å². The molecular weight excluding hydrogens is 290 g/mol. The number of piperidine rings is 1.